The normalized spacial score (nSPS) is 11.1. The van der Waals surface area contributed by atoms with Crippen LogP contribution in [-0.2, 0) is 14.3 Å². The minimum atomic E-state index is -0.393. The molecule has 12 heavy (non-hydrogen) atoms. The highest BCUT2D eigenvalue weighted by atomic mass is 16.5. The van der Waals surface area contributed by atoms with Gasteiger partial charge in [-0.25, -0.2) is 4.79 Å². The van der Waals surface area contributed by atoms with E-state index in [1.165, 1.54) is 13.4 Å². The molecule has 0 bridgehead atoms. The lowest BCUT2D eigenvalue weighted by molar-refractivity contribution is -0.136. The number of aliphatic hydroxyl groups is 1. The monoisotopic (exact) mass is 174 g/mol. The van der Waals surface area contributed by atoms with Crippen LogP contribution in [0.3, 0.4) is 0 Å². The summed E-state index contributed by atoms with van der Waals surface area (Å²) in [5.74, 6) is -0.393. The fraction of sp³-hybridized carbons (Fsp3) is 0.625. The Labute approximate surface area is 71.8 Å². The molecule has 0 radical (unpaired) electrons. The number of carbonyl (C=O) groups excluding carboxylic acids is 1. The maximum absolute atomic E-state index is 10.9. The Balaban J connectivity index is 3.95. The Hall–Kier alpha value is -1.03. The first kappa shape index (κ1) is 11.0. The van der Waals surface area contributed by atoms with Gasteiger partial charge in [0.2, 0.25) is 0 Å². The number of carbonyl (C=O) groups is 1. The van der Waals surface area contributed by atoms with Crippen molar-refractivity contribution in [2.45, 2.75) is 13.3 Å². The van der Waals surface area contributed by atoms with Crippen molar-refractivity contribution in [1.29, 1.82) is 0 Å². The summed E-state index contributed by atoms with van der Waals surface area (Å²) in [7, 11) is 1.32. The van der Waals surface area contributed by atoms with Crippen molar-refractivity contribution in [3.8, 4) is 0 Å². The van der Waals surface area contributed by atoms with E-state index in [0.29, 0.717) is 12.0 Å². The lowest BCUT2D eigenvalue weighted by Crippen LogP contribution is -2.05. The standard InChI is InChI=1S/C8H14O4/c1-3-7(8(10)11-2)6-12-5-4-9/h6,9H,3-5H2,1-2H3/b7-6+. The van der Waals surface area contributed by atoms with E-state index >= 15 is 0 Å². The average Bonchev–Trinajstić information content (AvgIpc) is 2.11. The van der Waals surface area contributed by atoms with E-state index < -0.39 is 5.97 Å². The van der Waals surface area contributed by atoms with Gasteiger partial charge in [-0.05, 0) is 6.42 Å². The fourth-order valence-corrected chi connectivity index (χ4v) is 0.619. The van der Waals surface area contributed by atoms with Crippen molar-refractivity contribution >= 4 is 5.97 Å². The van der Waals surface area contributed by atoms with Gasteiger partial charge in [0.15, 0.2) is 0 Å². The van der Waals surface area contributed by atoms with Gasteiger partial charge in [0, 0.05) is 0 Å². The predicted octanol–water partition coefficient (Wildman–Crippen LogP) is 0.462. The first-order chi connectivity index (χ1) is 5.76. The molecule has 0 saturated carbocycles. The highest BCUT2D eigenvalue weighted by molar-refractivity contribution is 5.87. The molecular weight excluding hydrogens is 160 g/mol. The lowest BCUT2D eigenvalue weighted by Gasteiger charge is -2.02. The van der Waals surface area contributed by atoms with Crippen molar-refractivity contribution in [1.82, 2.24) is 0 Å². The van der Waals surface area contributed by atoms with E-state index in [0.717, 1.165) is 0 Å². The van der Waals surface area contributed by atoms with Crippen molar-refractivity contribution < 1.29 is 19.4 Å². The van der Waals surface area contributed by atoms with Crippen LogP contribution >= 0.6 is 0 Å². The van der Waals surface area contributed by atoms with Crippen LogP contribution < -0.4 is 0 Å². The number of rotatable bonds is 5. The number of hydrogen-bond acceptors (Lipinski definition) is 4. The maximum atomic E-state index is 10.9. The van der Waals surface area contributed by atoms with E-state index in [4.69, 9.17) is 9.84 Å². The summed E-state index contributed by atoms with van der Waals surface area (Å²) in [6.45, 7) is 1.96. The van der Waals surface area contributed by atoms with Crippen molar-refractivity contribution in [2.24, 2.45) is 0 Å². The topological polar surface area (TPSA) is 55.8 Å². The van der Waals surface area contributed by atoms with Crippen LogP contribution in [0.5, 0.6) is 0 Å². The third kappa shape index (κ3) is 3.98. The highest BCUT2D eigenvalue weighted by Crippen LogP contribution is 2.02. The Kier molecular flexibility index (Phi) is 6.09. The molecule has 0 spiro atoms. The van der Waals surface area contributed by atoms with Gasteiger partial charge >= 0.3 is 5.97 Å². The van der Waals surface area contributed by atoms with Gasteiger partial charge in [-0.2, -0.15) is 0 Å². The minimum absolute atomic E-state index is 0.0608. The van der Waals surface area contributed by atoms with E-state index in [1.807, 2.05) is 6.92 Å². The summed E-state index contributed by atoms with van der Waals surface area (Å²) in [5.41, 5.74) is 0.464. The van der Waals surface area contributed by atoms with Gasteiger partial charge in [0.1, 0.15) is 6.61 Å². The van der Waals surface area contributed by atoms with E-state index in [9.17, 15) is 4.79 Å². The summed E-state index contributed by atoms with van der Waals surface area (Å²) in [6.07, 6.45) is 1.88. The molecular formula is C8H14O4. The molecule has 0 aromatic rings. The molecule has 0 aromatic carbocycles. The zero-order valence-corrected chi connectivity index (χ0v) is 7.37. The molecule has 0 fully saturated rings. The molecule has 0 amide bonds. The molecule has 70 valence electrons. The molecule has 0 aliphatic rings. The summed E-state index contributed by atoms with van der Waals surface area (Å²) >= 11 is 0. The maximum Gasteiger partial charge on any atom is 0.336 e. The van der Waals surface area contributed by atoms with Crippen LogP contribution in [-0.4, -0.2) is 31.4 Å². The smallest absolute Gasteiger partial charge is 0.336 e. The molecule has 0 atom stereocenters. The van der Waals surface area contributed by atoms with Crippen LogP contribution in [0.15, 0.2) is 11.8 Å². The van der Waals surface area contributed by atoms with Gasteiger partial charge in [0.25, 0.3) is 0 Å². The number of ether oxygens (including phenoxy) is 2. The zero-order chi connectivity index (χ0) is 9.40. The van der Waals surface area contributed by atoms with Crippen LogP contribution in [0.25, 0.3) is 0 Å². The Morgan fingerprint density at radius 1 is 1.58 bits per heavy atom. The van der Waals surface area contributed by atoms with Gasteiger partial charge in [-0.1, -0.05) is 6.92 Å². The largest absolute Gasteiger partial charge is 0.498 e. The fourth-order valence-electron chi connectivity index (χ4n) is 0.619. The van der Waals surface area contributed by atoms with Gasteiger partial charge in [-0.3, -0.25) is 0 Å². The zero-order valence-electron chi connectivity index (χ0n) is 7.37. The summed E-state index contributed by atoms with van der Waals surface area (Å²) in [5, 5.41) is 8.38. The molecule has 4 heteroatoms. The van der Waals surface area contributed by atoms with Crippen molar-refractivity contribution in [3.63, 3.8) is 0 Å². The molecule has 0 aliphatic heterocycles. The van der Waals surface area contributed by atoms with Crippen molar-refractivity contribution in [3.05, 3.63) is 11.8 Å². The number of aliphatic hydroxyl groups excluding tert-OH is 1. The third-order valence-corrected chi connectivity index (χ3v) is 1.26. The molecule has 0 rings (SSSR count). The lowest BCUT2D eigenvalue weighted by atomic mass is 10.2. The minimum Gasteiger partial charge on any atom is -0.498 e. The number of hydrogen-bond donors (Lipinski definition) is 1. The Morgan fingerprint density at radius 2 is 2.25 bits per heavy atom. The molecule has 1 N–H and O–H groups in total. The second-order valence-electron chi connectivity index (χ2n) is 2.08. The quantitative estimate of drug-likeness (QED) is 0.285. The van der Waals surface area contributed by atoms with Crippen LogP contribution in [0.2, 0.25) is 0 Å². The first-order valence-electron chi connectivity index (χ1n) is 3.76. The van der Waals surface area contributed by atoms with Crippen LogP contribution in [0, 0.1) is 0 Å². The van der Waals surface area contributed by atoms with E-state index in [1.54, 1.807) is 0 Å². The molecule has 0 heterocycles. The average molecular weight is 174 g/mol. The van der Waals surface area contributed by atoms with Gasteiger partial charge in [0.05, 0.1) is 25.6 Å². The highest BCUT2D eigenvalue weighted by Gasteiger charge is 2.06. The van der Waals surface area contributed by atoms with Gasteiger partial charge < -0.3 is 14.6 Å². The number of methoxy groups -OCH3 is 1. The third-order valence-electron chi connectivity index (χ3n) is 1.26. The molecule has 0 unspecified atom stereocenters. The molecule has 4 nitrogen and oxygen atoms in total. The summed E-state index contributed by atoms with van der Waals surface area (Å²) < 4.78 is 9.33. The van der Waals surface area contributed by atoms with E-state index in [-0.39, 0.29) is 13.2 Å². The van der Waals surface area contributed by atoms with E-state index in [2.05, 4.69) is 4.74 Å². The Morgan fingerprint density at radius 3 is 2.67 bits per heavy atom. The predicted molar refractivity (Wildman–Crippen MR) is 43.4 cm³/mol. The molecule has 0 aromatic heterocycles. The molecule has 0 aliphatic carbocycles. The molecule has 0 saturated heterocycles. The second kappa shape index (κ2) is 6.67. The first-order valence-corrected chi connectivity index (χ1v) is 3.76. The summed E-state index contributed by atoms with van der Waals surface area (Å²) in [6, 6.07) is 0. The van der Waals surface area contributed by atoms with Gasteiger partial charge in [-0.15, -0.1) is 0 Å². The van der Waals surface area contributed by atoms with Crippen LogP contribution in [0.1, 0.15) is 13.3 Å². The Bertz CT molecular complexity index is 162. The van der Waals surface area contributed by atoms with Crippen molar-refractivity contribution in [2.75, 3.05) is 20.3 Å². The van der Waals surface area contributed by atoms with Crippen LogP contribution in [0.4, 0.5) is 0 Å². The SMILES string of the molecule is CC/C(=C\OCCO)C(=O)OC. The second-order valence-corrected chi connectivity index (χ2v) is 2.08. The summed E-state index contributed by atoms with van der Waals surface area (Å²) in [4.78, 5) is 10.9. The number of esters is 1.